The number of hydrogen-bond donors (Lipinski definition) is 1. The molecule has 0 aliphatic carbocycles. The zero-order valence-corrected chi connectivity index (χ0v) is 13.4. The third-order valence-electron chi connectivity index (χ3n) is 2.93. The van der Waals surface area contributed by atoms with Gasteiger partial charge in [-0.25, -0.2) is 4.98 Å². The van der Waals surface area contributed by atoms with Crippen molar-refractivity contribution in [2.75, 3.05) is 20.8 Å². The van der Waals surface area contributed by atoms with Gasteiger partial charge >= 0.3 is 6.18 Å². The van der Waals surface area contributed by atoms with Crippen LogP contribution in [0.1, 0.15) is 21.1 Å². The number of rotatable bonds is 5. The topological polar surface area (TPSA) is 73.3 Å². The normalized spacial score (nSPS) is 11.7. The van der Waals surface area contributed by atoms with E-state index in [1.165, 1.54) is 14.2 Å². The molecule has 0 spiro atoms. The number of ether oxygens (including phenoxy) is 2. The first-order valence-electron chi connectivity index (χ1n) is 6.44. The van der Waals surface area contributed by atoms with Gasteiger partial charge < -0.3 is 14.8 Å². The van der Waals surface area contributed by atoms with E-state index in [0.29, 0.717) is 21.6 Å². The number of halogens is 3. The van der Waals surface area contributed by atoms with E-state index in [2.05, 4.69) is 9.97 Å². The highest BCUT2D eigenvalue weighted by Crippen LogP contribution is 2.35. The Bertz CT molecular complexity index is 731. The van der Waals surface area contributed by atoms with Crippen LogP contribution in [0.3, 0.4) is 0 Å². The molecule has 0 unspecified atom stereocenters. The average molecular weight is 349 g/mol. The molecule has 0 radical (unpaired) electrons. The van der Waals surface area contributed by atoms with Crippen molar-refractivity contribution in [1.82, 2.24) is 15.3 Å². The van der Waals surface area contributed by atoms with Crippen molar-refractivity contribution in [3.05, 3.63) is 16.3 Å². The van der Waals surface area contributed by atoms with Crippen LogP contribution in [-0.4, -0.2) is 42.8 Å². The fourth-order valence-electron chi connectivity index (χ4n) is 1.96. The zero-order chi connectivity index (χ0) is 17.2. The van der Waals surface area contributed by atoms with Gasteiger partial charge in [0.15, 0.2) is 5.82 Å². The minimum atomic E-state index is -4.47. The van der Waals surface area contributed by atoms with Crippen LogP contribution in [0, 0.1) is 6.92 Å². The molecule has 1 N–H and O–H groups in total. The van der Waals surface area contributed by atoms with Crippen LogP contribution in [0.4, 0.5) is 13.2 Å². The lowest BCUT2D eigenvalue weighted by atomic mass is 10.2. The molecule has 0 bridgehead atoms. The third-order valence-corrected chi connectivity index (χ3v) is 4.11. The van der Waals surface area contributed by atoms with Crippen molar-refractivity contribution in [1.29, 1.82) is 0 Å². The minimum absolute atomic E-state index is 0.145. The number of aromatic nitrogens is 2. The number of methoxy groups -OCH3 is 2. The first-order chi connectivity index (χ1) is 10.8. The predicted molar refractivity (Wildman–Crippen MR) is 77.8 cm³/mol. The van der Waals surface area contributed by atoms with Crippen LogP contribution >= 0.6 is 11.3 Å². The van der Waals surface area contributed by atoms with E-state index in [-0.39, 0.29) is 17.4 Å². The molecule has 0 atom stereocenters. The molecule has 2 rings (SSSR count). The molecular formula is C13H14F3N3O3S. The van der Waals surface area contributed by atoms with E-state index >= 15 is 0 Å². The Morgan fingerprint density at radius 3 is 2.57 bits per heavy atom. The van der Waals surface area contributed by atoms with Crippen LogP contribution in [0.5, 0.6) is 5.88 Å². The SMILES string of the molecule is COCc1nc(OC)c2c(C)c(C(=O)NCC(F)(F)F)sc2n1. The van der Waals surface area contributed by atoms with Crippen molar-refractivity contribution in [3.8, 4) is 5.88 Å². The number of hydrogen-bond acceptors (Lipinski definition) is 6. The minimum Gasteiger partial charge on any atom is -0.480 e. The molecule has 6 nitrogen and oxygen atoms in total. The smallest absolute Gasteiger partial charge is 0.405 e. The van der Waals surface area contributed by atoms with Crippen molar-refractivity contribution in [3.63, 3.8) is 0 Å². The van der Waals surface area contributed by atoms with Crippen LogP contribution in [0.2, 0.25) is 0 Å². The Labute approximate surface area is 133 Å². The highest BCUT2D eigenvalue weighted by molar-refractivity contribution is 7.20. The van der Waals surface area contributed by atoms with E-state index in [1.54, 1.807) is 6.92 Å². The van der Waals surface area contributed by atoms with E-state index in [4.69, 9.17) is 9.47 Å². The van der Waals surface area contributed by atoms with Crippen molar-refractivity contribution in [2.45, 2.75) is 19.7 Å². The van der Waals surface area contributed by atoms with Crippen LogP contribution in [0.25, 0.3) is 10.2 Å². The summed E-state index contributed by atoms with van der Waals surface area (Å²) in [6.45, 7) is 0.374. The number of amides is 1. The molecule has 10 heteroatoms. The van der Waals surface area contributed by atoms with Gasteiger partial charge in [0.05, 0.1) is 17.4 Å². The van der Waals surface area contributed by atoms with Gasteiger partial charge in [-0.3, -0.25) is 4.79 Å². The van der Waals surface area contributed by atoms with Gasteiger partial charge in [0, 0.05) is 7.11 Å². The molecular weight excluding hydrogens is 335 g/mol. The summed E-state index contributed by atoms with van der Waals surface area (Å²) in [6, 6.07) is 0. The second-order valence-electron chi connectivity index (χ2n) is 4.62. The molecule has 2 aromatic heterocycles. The molecule has 0 aliphatic heterocycles. The molecule has 0 aromatic carbocycles. The van der Waals surface area contributed by atoms with Crippen LogP contribution < -0.4 is 10.1 Å². The average Bonchev–Trinajstić information content (AvgIpc) is 2.81. The molecule has 2 aromatic rings. The number of thiophene rings is 1. The number of carbonyl (C=O) groups excluding carboxylic acids is 1. The van der Waals surface area contributed by atoms with Gasteiger partial charge in [0.25, 0.3) is 5.91 Å². The van der Waals surface area contributed by atoms with Gasteiger partial charge in [0.2, 0.25) is 5.88 Å². The number of alkyl halides is 3. The van der Waals surface area contributed by atoms with E-state index in [9.17, 15) is 18.0 Å². The van der Waals surface area contributed by atoms with Crippen LogP contribution in [0.15, 0.2) is 0 Å². The maximum atomic E-state index is 12.2. The summed E-state index contributed by atoms with van der Waals surface area (Å²) in [6.07, 6.45) is -4.47. The largest absolute Gasteiger partial charge is 0.480 e. The maximum Gasteiger partial charge on any atom is 0.405 e. The standard InChI is InChI=1S/C13H14F3N3O3S/c1-6-8-11(22-3)18-7(4-21-2)19-12(8)23-9(6)10(20)17-5-13(14,15)16/h4-5H2,1-3H3,(H,17,20). The summed E-state index contributed by atoms with van der Waals surface area (Å²) in [7, 11) is 2.90. The molecule has 0 aliphatic rings. The Morgan fingerprint density at radius 1 is 1.30 bits per heavy atom. The molecule has 1 amide bonds. The molecule has 23 heavy (non-hydrogen) atoms. The van der Waals surface area contributed by atoms with Gasteiger partial charge in [-0.15, -0.1) is 11.3 Å². The first kappa shape index (κ1) is 17.4. The van der Waals surface area contributed by atoms with E-state index < -0.39 is 18.6 Å². The monoisotopic (exact) mass is 349 g/mol. The second-order valence-corrected chi connectivity index (χ2v) is 5.62. The first-order valence-corrected chi connectivity index (χ1v) is 7.26. The van der Waals surface area contributed by atoms with Crippen molar-refractivity contribution in [2.24, 2.45) is 0 Å². The summed E-state index contributed by atoms with van der Waals surface area (Å²) in [4.78, 5) is 21.0. The lowest BCUT2D eigenvalue weighted by Crippen LogP contribution is -2.33. The van der Waals surface area contributed by atoms with Gasteiger partial charge in [0.1, 0.15) is 18.0 Å². The molecule has 0 saturated carbocycles. The third kappa shape index (κ3) is 3.88. The fourth-order valence-corrected chi connectivity index (χ4v) is 3.07. The summed E-state index contributed by atoms with van der Waals surface area (Å²) in [5, 5.41) is 2.36. The zero-order valence-electron chi connectivity index (χ0n) is 12.6. The summed E-state index contributed by atoms with van der Waals surface area (Å²) >= 11 is 0.986. The van der Waals surface area contributed by atoms with Crippen molar-refractivity contribution >= 4 is 27.5 Å². The molecule has 0 saturated heterocycles. The Morgan fingerprint density at radius 2 is 2.00 bits per heavy atom. The fraction of sp³-hybridized carbons (Fsp3) is 0.462. The number of fused-ring (bicyclic) bond motifs is 1. The molecule has 0 fully saturated rings. The van der Waals surface area contributed by atoms with Crippen LogP contribution in [-0.2, 0) is 11.3 Å². The van der Waals surface area contributed by atoms with Gasteiger partial charge in [-0.05, 0) is 12.5 Å². The molecule has 126 valence electrons. The number of carbonyl (C=O) groups is 1. The van der Waals surface area contributed by atoms with Crippen molar-refractivity contribution < 1.29 is 27.4 Å². The summed E-state index contributed by atoms with van der Waals surface area (Å²) in [5.74, 6) is -0.191. The summed E-state index contributed by atoms with van der Waals surface area (Å²) < 4.78 is 46.8. The predicted octanol–water partition coefficient (Wildman–Crippen LogP) is 2.45. The Hall–Kier alpha value is -1.94. The highest BCUT2D eigenvalue weighted by Gasteiger charge is 2.29. The lowest BCUT2D eigenvalue weighted by molar-refractivity contribution is -0.123. The van der Waals surface area contributed by atoms with Gasteiger partial charge in [-0.1, -0.05) is 0 Å². The van der Waals surface area contributed by atoms with Gasteiger partial charge in [-0.2, -0.15) is 18.2 Å². The summed E-state index contributed by atoms with van der Waals surface area (Å²) in [5.41, 5.74) is 0.477. The van der Waals surface area contributed by atoms with E-state index in [0.717, 1.165) is 11.3 Å². The number of nitrogens with zero attached hydrogens (tertiary/aromatic N) is 2. The quantitative estimate of drug-likeness (QED) is 0.898. The highest BCUT2D eigenvalue weighted by atomic mass is 32.1. The second kappa shape index (κ2) is 6.67. The lowest BCUT2D eigenvalue weighted by Gasteiger charge is -2.07. The maximum absolute atomic E-state index is 12.2. The number of aryl methyl sites for hydroxylation is 1. The Kier molecular flexibility index (Phi) is 5.05. The molecule has 2 heterocycles. The number of nitrogens with one attached hydrogen (secondary N) is 1. The Balaban J connectivity index is 2.42. The van der Waals surface area contributed by atoms with E-state index in [1.807, 2.05) is 5.32 Å².